The van der Waals surface area contributed by atoms with Gasteiger partial charge in [-0.05, 0) is 120 Å². The predicted molar refractivity (Wildman–Crippen MR) is 322 cm³/mol. The zero-order valence-electron chi connectivity index (χ0n) is 48.3. The van der Waals surface area contributed by atoms with E-state index in [9.17, 15) is 0 Å². The molecule has 0 bridgehead atoms. The molecule has 0 aliphatic carbocycles. The van der Waals surface area contributed by atoms with Crippen molar-refractivity contribution in [2.45, 2.75) is 158 Å². The molecule has 0 heterocycles. The summed E-state index contributed by atoms with van der Waals surface area (Å²) in [6.45, 7) is 20.6. The highest BCUT2D eigenvalue weighted by Crippen LogP contribution is 2.39. The van der Waals surface area contributed by atoms with E-state index in [1.54, 1.807) is 28.4 Å². The summed E-state index contributed by atoms with van der Waals surface area (Å²) < 4.78 is 51.3. The number of unbranched alkanes of at least 4 members (excludes halogenated alkanes) is 4. The van der Waals surface area contributed by atoms with Crippen LogP contribution >= 0.6 is 15.9 Å². The number of hydrogen-bond donors (Lipinski definition) is 0. The molecule has 4 unspecified atom stereocenters. The van der Waals surface area contributed by atoms with Crippen LogP contribution in [-0.4, -0.2) is 54.9 Å². The maximum absolute atomic E-state index is 6.83. The second kappa shape index (κ2) is 35.3. The van der Waals surface area contributed by atoms with Gasteiger partial charge in [-0.3, -0.25) is 0 Å². The monoisotopic (exact) mass is 1090 g/mol. The van der Waals surface area contributed by atoms with Gasteiger partial charge in [-0.25, -0.2) is 0 Å². The van der Waals surface area contributed by atoms with E-state index < -0.39 is 0 Å². The van der Waals surface area contributed by atoms with Gasteiger partial charge >= 0.3 is 0 Å². The molecule has 0 amide bonds. The van der Waals surface area contributed by atoms with Crippen LogP contribution in [0, 0.1) is 23.7 Å². The Bertz CT molecular complexity index is 2350. The minimum absolute atomic E-state index is 0.439. The summed E-state index contributed by atoms with van der Waals surface area (Å²) in [5.41, 5.74) is 5.41. The molecule has 0 saturated heterocycles. The summed E-state index contributed by atoms with van der Waals surface area (Å²) in [5, 5.41) is 0. The van der Waals surface area contributed by atoms with Crippen LogP contribution in [0.1, 0.15) is 192 Å². The zero-order valence-corrected chi connectivity index (χ0v) is 49.8. The normalized spacial score (nSPS) is 13.3. The van der Waals surface area contributed by atoms with Crippen molar-refractivity contribution < 1.29 is 37.9 Å². The number of benzene rings is 4. The smallest absolute Gasteiger partial charge is 0.134 e. The Labute approximate surface area is 463 Å². The third kappa shape index (κ3) is 20.5. The molecular formula is C66H95BrO8. The lowest BCUT2D eigenvalue weighted by molar-refractivity contribution is 0.232. The largest absolute Gasteiger partial charge is 0.497 e. The molecular weight excluding hydrogens is 1000 g/mol. The second-order valence-corrected chi connectivity index (χ2v) is 21.0. The van der Waals surface area contributed by atoms with Crippen LogP contribution < -0.4 is 37.9 Å². The van der Waals surface area contributed by atoms with Gasteiger partial charge in [0.2, 0.25) is 0 Å². The summed E-state index contributed by atoms with van der Waals surface area (Å²) in [7, 11) is 6.84. The fourth-order valence-corrected chi connectivity index (χ4v) is 9.59. The summed E-state index contributed by atoms with van der Waals surface area (Å²) >= 11 is 3.75. The quantitative estimate of drug-likeness (QED) is 0.0411. The highest BCUT2D eigenvalue weighted by Gasteiger charge is 2.18. The van der Waals surface area contributed by atoms with E-state index in [0.717, 1.165) is 142 Å². The molecule has 4 aromatic carbocycles. The van der Waals surface area contributed by atoms with Crippen molar-refractivity contribution in [3.8, 4) is 46.0 Å². The topological polar surface area (TPSA) is 73.8 Å². The van der Waals surface area contributed by atoms with E-state index in [2.05, 4.69) is 138 Å². The fourth-order valence-electron chi connectivity index (χ4n) is 9.15. The van der Waals surface area contributed by atoms with E-state index in [1.807, 2.05) is 24.3 Å². The molecule has 414 valence electrons. The minimum atomic E-state index is 0.439. The van der Waals surface area contributed by atoms with Crippen molar-refractivity contribution in [2.24, 2.45) is 23.7 Å². The molecule has 8 nitrogen and oxygen atoms in total. The van der Waals surface area contributed by atoms with Gasteiger partial charge in [0.15, 0.2) is 0 Å². The van der Waals surface area contributed by atoms with Gasteiger partial charge in [-0.2, -0.15) is 0 Å². The van der Waals surface area contributed by atoms with Crippen molar-refractivity contribution in [3.63, 3.8) is 0 Å². The lowest BCUT2D eigenvalue weighted by atomic mass is 10.00. The highest BCUT2D eigenvalue weighted by atomic mass is 79.9. The molecule has 0 aliphatic heterocycles. The van der Waals surface area contributed by atoms with Gasteiger partial charge in [0.1, 0.15) is 46.0 Å². The molecule has 0 spiro atoms. The van der Waals surface area contributed by atoms with Crippen LogP contribution in [0.15, 0.2) is 59.1 Å². The SMILES string of the molecule is CCCCC(CC)COc1cc(/C=C/c2cc(OC)c(/C=C/c3cc(OC)c(/C=C/c4cc(OC)ccc4OCC(CC)CCCC)cc3OCC(CC)CCCC)cc2OCC(CC)CCCC)c(OC)cc1Br. The lowest BCUT2D eigenvalue weighted by Gasteiger charge is -2.19. The van der Waals surface area contributed by atoms with Crippen molar-refractivity contribution in [1.29, 1.82) is 0 Å². The van der Waals surface area contributed by atoms with Crippen LogP contribution in [0.4, 0.5) is 0 Å². The van der Waals surface area contributed by atoms with Crippen LogP contribution in [0.25, 0.3) is 36.5 Å². The predicted octanol–water partition coefficient (Wildman–Crippen LogP) is 19.4. The third-order valence-corrected chi connectivity index (χ3v) is 15.2. The van der Waals surface area contributed by atoms with E-state index in [4.69, 9.17) is 37.9 Å². The summed E-state index contributed by atoms with van der Waals surface area (Å²) in [4.78, 5) is 0. The van der Waals surface area contributed by atoms with E-state index in [1.165, 1.54) is 38.5 Å². The molecule has 4 rings (SSSR count). The number of hydrogen-bond acceptors (Lipinski definition) is 8. The molecule has 9 heteroatoms. The van der Waals surface area contributed by atoms with E-state index >= 15 is 0 Å². The zero-order chi connectivity index (χ0) is 54.4. The molecule has 0 N–H and O–H groups in total. The van der Waals surface area contributed by atoms with Crippen molar-refractivity contribution in [1.82, 2.24) is 0 Å². The Morgan fingerprint density at radius 3 is 0.973 bits per heavy atom. The lowest BCUT2D eigenvalue weighted by Crippen LogP contribution is -2.12. The summed E-state index contributed by atoms with van der Waals surface area (Å²) in [6, 6.07) is 18.4. The molecule has 4 atom stereocenters. The Hall–Kier alpha value is -5.02. The number of ether oxygens (including phenoxy) is 8. The second-order valence-electron chi connectivity index (χ2n) is 20.1. The average molecular weight is 1100 g/mol. The summed E-state index contributed by atoms with van der Waals surface area (Å²) in [5.74, 6) is 8.02. The molecule has 0 aromatic heterocycles. The van der Waals surface area contributed by atoms with E-state index in [-0.39, 0.29) is 0 Å². The van der Waals surface area contributed by atoms with Crippen LogP contribution in [0.2, 0.25) is 0 Å². The maximum atomic E-state index is 6.83. The van der Waals surface area contributed by atoms with Gasteiger partial charge in [-0.1, -0.05) is 169 Å². The summed E-state index contributed by atoms with van der Waals surface area (Å²) in [6.07, 6.45) is 30.8. The van der Waals surface area contributed by atoms with Crippen molar-refractivity contribution >= 4 is 52.4 Å². The number of methoxy groups -OCH3 is 4. The molecule has 0 radical (unpaired) electrons. The first-order valence-electron chi connectivity index (χ1n) is 28.6. The average Bonchev–Trinajstić information content (AvgIpc) is 3.44. The highest BCUT2D eigenvalue weighted by molar-refractivity contribution is 9.10. The van der Waals surface area contributed by atoms with Gasteiger partial charge in [0.25, 0.3) is 0 Å². The first-order valence-corrected chi connectivity index (χ1v) is 29.4. The molecule has 4 aromatic rings. The van der Waals surface area contributed by atoms with Crippen LogP contribution in [-0.2, 0) is 0 Å². The van der Waals surface area contributed by atoms with Crippen molar-refractivity contribution in [3.05, 3.63) is 92.5 Å². The molecule has 0 fully saturated rings. The Morgan fingerprint density at radius 2 is 0.640 bits per heavy atom. The third-order valence-electron chi connectivity index (χ3n) is 14.6. The van der Waals surface area contributed by atoms with Crippen LogP contribution in [0.5, 0.6) is 46.0 Å². The molecule has 0 saturated carbocycles. The van der Waals surface area contributed by atoms with Crippen molar-refractivity contribution in [2.75, 3.05) is 54.9 Å². The standard InChI is InChI=1S/C66H95BrO8/c1-13-21-25-48(17-5)44-72-60-36-35-58(68-9)37-52(60)29-30-53-40-64(73-45-49(18-6)26-22-14-2)56(38-61(53)69-10)33-31-54-41-65(74-46-50(19-7)27-23-15-3)57(39-62(54)70-11)34-32-55-42-66(59(67)43-63(55)71-12)75-47-51(20-8)28-24-16-4/h29-43,48-51H,13-28,44-47H2,1-12H3/b30-29+,33-31+,34-32+. The fraction of sp³-hybridized carbons (Fsp3) is 0.545. The minimum Gasteiger partial charge on any atom is -0.497 e. The molecule has 0 aliphatic rings. The Kier molecular flexibility index (Phi) is 29.5. The maximum Gasteiger partial charge on any atom is 0.134 e. The van der Waals surface area contributed by atoms with Gasteiger partial charge in [-0.15, -0.1) is 0 Å². The Balaban J connectivity index is 1.82. The van der Waals surface area contributed by atoms with E-state index in [0.29, 0.717) is 55.8 Å². The first kappa shape index (κ1) is 62.5. The first-order chi connectivity index (χ1) is 36.5. The molecule has 75 heavy (non-hydrogen) atoms. The number of halogens is 1. The van der Waals surface area contributed by atoms with Crippen LogP contribution in [0.3, 0.4) is 0 Å². The Morgan fingerprint density at radius 1 is 0.347 bits per heavy atom. The van der Waals surface area contributed by atoms with Gasteiger partial charge in [0.05, 0.1) is 59.3 Å². The van der Waals surface area contributed by atoms with Gasteiger partial charge < -0.3 is 37.9 Å². The number of rotatable bonds is 38. The van der Waals surface area contributed by atoms with Gasteiger partial charge in [0, 0.05) is 33.4 Å².